The zero-order chi connectivity index (χ0) is 14.6. The van der Waals surface area contributed by atoms with Crippen LogP contribution in [-0.4, -0.2) is 18.3 Å². The van der Waals surface area contributed by atoms with Crippen LogP contribution >= 0.6 is 11.6 Å². The van der Waals surface area contributed by atoms with Crippen molar-refractivity contribution in [2.24, 2.45) is 5.73 Å². The van der Waals surface area contributed by atoms with Crippen LogP contribution in [0.15, 0.2) is 24.3 Å². The number of hydrogen-bond acceptors (Lipinski definition) is 2. The first kappa shape index (κ1) is 16.3. The van der Waals surface area contributed by atoms with Crippen molar-refractivity contribution < 1.29 is 17.9 Å². The van der Waals surface area contributed by atoms with Crippen molar-refractivity contribution in [3.05, 3.63) is 34.9 Å². The van der Waals surface area contributed by atoms with Gasteiger partial charge in [-0.15, -0.1) is 0 Å². The topological polar surface area (TPSA) is 35.2 Å². The van der Waals surface area contributed by atoms with Crippen molar-refractivity contribution in [2.75, 3.05) is 0 Å². The summed E-state index contributed by atoms with van der Waals surface area (Å²) in [5.74, 6) is 0. The van der Waals surface area contributed by atoms with E-state index in [-0.39, 0.29) is 0 Å². The van der Waals surface area contributed by atoms with Gasteiger partial charge in [0, 0.05) is 11.1 Å². The standard InChI is InChI=1S/C13H17ClF3NO/c1-3-11(18)12(19-8(2)13(15,16)17)9-5-4-6-10(14)7-9/h4-8,11-12H,3,18H2,1-2H3. The molecule has 0 heterocycles. The van der Waals surface area contributed by atoms with Crippen molar-refractivity contribution in [1.82, 2.24) is 0 Å². The molecule has 1 aromatic carbocycles. The van der Waals surface area contributed by atoms with Gasteiger partial charge in [0.05, 0.1) is 6.10 Å². The third kappa shape index (κ3) is 4.67. The molecule has 2 nitrogen and oxygen atoms in total. The van der Waals surface area contributed by atoms with Crippen LogP contribution < -0.4 is 5.73 Å². The SMILES string of the molecule is CCC(N)C(OC(C)C(F)(F)F)c1cccc(Cl)c1. The molecule has 0 aromatic heterocycles. The summed E-state index contributed by atoms with van der Waals surface area (Å²) < 4.78 is 42.8. The van der Waals surface area contributed by atoms with Crippen LogP contribution in [0.2, 0.25) is 5.02 Å². The molecule has 0 aliphatic heterocycles. The van der Waals surface area contributed by atoms with E-state index in [1.165, 1.54) is 0 Å². The molecule has 2 N–H and O–H groups in total. The van der Waals surface area contributed by atoms with E-state index >= 15 is 0 Å². The highest BCUT2D eigenvalue weighted by Gasteiger charge is 2.39. The van der Waals surface area contributed by atoms with Crippen LogP contribution in [-0.2, 0) is 4.74 Å². The fourth-order valence-electron chi connectivity index (χ4n) is 1.62. The Morgan fingerprint density at radius 2 is 2.00 bits per heavy atom. The molecular weight excluding hydrogens is 279 g/mol. The second-order valence-electron chi connectivity index (χ2n) is 4.37. The molecule has 0 amide bonds. The number of halogens is 4. The number of alkyl halides is 3. The van der Waals surface area contributed by atoms with Gasteiger partial charge >= 0.3 is 6.18 Å². The van der Waals surface area contributed by atoms with E-state index in [4.69, 9.17) is 22.1 Å². The Labute approximate surface area is 115 Å². The van der Waals surface area contributed by atoms with Crippen LogP contribution in [0.4, 0.5) is 13.2 Å². The first-order valence-corrected chi connectivity index (χ1v) is 6.36. The molecule has 0 bridgehead atoms. The maximum atomic E-state index is 12.6. The molecule has 1 rings (SSSR count). The predicted molar refractivity (Wildman–Crippen MR) is 69.1 cm³/mol. The van der Waals surface area contributed by atoms with Crippen molar-refractivity contribution in [3.63, 3.8) is 0 Å². The second kappa shape index (κ2) is 6.59. The lowest BCUT2D eigenvalue weighted by molar-refractivity contribution is -0.229. The van der Waals surface area contributed by atoms with Gasteiger partial charge in [-0.05, 0) is 31.0 Å². The highest BCUT2D eigenvalue weighted by Crippen LogP contribution is 2.31. The minimum Gasteiger partial charge on any atom is -0.360 e. The lowest BCUT2D eigenvalue weighted by atomic mass is 10.0. The van der Waals surface area contributed by atoms with Crippen molar-refractivity contribution in [1.29, 1.82) is 0 Å². The summed E-state index contributed by atoms with van der Waals surface area (Å²) in [7, 11) is 0. The summed E-state index contributed by atoms with van der Waals surface area (Å²) >= 11 is 5.84. The Balaban J connectivity index is 2.96. The average molecular weight is 296 g/mol. The zero-order valence-corrected chi connectivity index (χ0v) is 11.5. The molecule has 0 spiro atoms. The van der Waals surface area contributed by atoms with Gasteiger partial charge in [0.15, 0.2) is 6.10 Å². The molecule has 0 saturated heterocycles. The minimum atomic E-state index is -4.41. The Kier molecular flexibility index (Phi) is 5.64. The van der Waals surface area contributed by atoms with Crippen LogP contribution in [0.3, 0.4) is 0 Å². The Morgan fingerprint density at radius 1 is 1.37 bits per heavy atom. The fraction of sp³-hybridized carbons (Fsp3) is 0.538. The minimum absolute atomic E-state index is 0.439. The molecule has 0 radical (unpaired) electrons. The highest BCUT2D eigenvalue weighted by atomic mass is 35.5. The van der Waals surface area contributed by atoms with Crippen LogP contribution in [0.5, 0.6) is 0 Å². The summed E-state index contributed by atoms with van der Waals surface area (Å²) in [5, 5.41) is 0.439. The van der Waals surface area contributed by atoms with Crippen molar-refractivity contribution in [3.8, 4) is 0 Å². The van der Waals surface area contributed by atoms with E-state index in [1.807, 2.05) is 0 Å². The third-order valence-corrected chi connectivity index (χ3v) is 3.08. The summed E-state index contributed by atoms with van der Waals surface area (Å²) in [6.07, 6.45) is -6.62. The molecule has 0 saturated carbocycles. The molecule has 1 aromatic rings. The summed E-state index contributed by atoms with van der Waals surface area (Å²) in [6.45, 7) is 2.77. The molecule has 3 atom stereocenters. The highest BCUT2D eigenvalue weighted by molar-refractivity contribution is 6.30. The van der Waals surface area contributed by atoms with Gasteiger partial charge in [-0.3, -0.25) is 0 Å². The normalized spacial score (nSPS) is 17.0. The molecule has 0 aliphatic carbocycles. The van der Waals surface area contributed by atoms with Gasteiger partial charge in [0.1, 0.15) is 0 Å². The molecule has 0 fully saturated rings. The molecule has 108 valence electrons. The third-order valence-electron chi connectivity index (χ3n) is 2.85. The van der Waals surface area contributed by atoms with E-state index in [2.05, 4.69) is 0 Å². The van der Waals surface area contributed by atoms with Gasteiger partial charge in [0.25, 0.3) is 0 Å². The van der Waals surface area contributed by atoms with Crippen molar-refractivity contribution in [2.45, 2.75) is 44.7 Å². The molecule has 3 unspecified atom stereocenters. The van der Waals surface area contributed by atoms with Gasteiger partial charge in [0.2, 0.25) is 0 Å². The number of ether oxygens (including phenoxy) is 1. The largest absolute Gasteiger partial charge is 0.414 e. The average Bonchev–Trinajstić information content (AvgIpc) is 2.33. The summed E-state index contributed by atoms with van der Waals surface area (Å²) in [5.41, 5.74) is 6.41. The molecule has 0 aliphatic rings. The number of hydrogen-bond donors (Lipinski definition) is 1. The van der Waals surface area contributed by atoms with Gasteiger partial charge in [-0.25, -0.2) is 0 Å². The van der Waals surface area contributed by atoms with Gasteiger partial charge in [-0.1, -0.05) is 30.7 Å². The van der Waals surface area contributed by atoms with Crippen LogP contribution in [0.1, 0.15) is 31.9 Å². The molecule has 19 heavy (non-hydrogen) atoms. The first-order valence-electron chi connectivity index (χ1n) is 5.99. The summed E-state index contributed by atoms with van der Waals surface area (Å²) in [4.78, 5) is 0. The summed E-state index contributed by atoms with van der Waals surface area (Å²) in [6, 6.07) is 6.02. The Bertz CT molecular complexity index is 411. The van der Waals surface area contributed by atoms with E-state index in [9.17, 15) is 13.2 Å². The van der Waals surface area contributed by atoms with Crippen LogP contribution in [0, 0.1) is 0 Å². The smallest absolute Gasteiger partial charge is 0.360 e. The second-order valence-corrected chi connectivity index (χ2v) is 4.80. The predicted octanol–water partition coefficient (Wildman–Crippen LogP) is 4.09. The zero-order valence-electron chi connectivity index (χ0n) is 10.7. The van der Waals surface area contributed by atoms with E-state index < -0.39 is 24.4 Å². The van der Waals surface area contributed by atoms with Gasteiger partial charge in [-0.2, -0.15) is 13.2 Å². The Morgan fingerprint density at radius 3 is 2.47 bits per heavy atom. The van der Waals surface area contributed by atoms with E-state index in [1.54, 1.807) is 31.2 Å². The van der Waals surface area contributed by atoms with Crippen molar-refractivity contribution >= 4 is 11.6 Å². The number of rotatable bonds is 5. The van der Waals surface area contributed by atoms with Crippen LogP contribution in [0.25, 0.3) is 0 Å². The van der Waals surface area contributed by atoms with Gasteiger partial charge < -0.3 is 10.5 Å². The maximum absolute atomic E-state index is 12.6. The lowest BCUT2D eigenvalue weighted by Crippen LogP contribution is -2.37. The first-order chi connectivity index (χ1) is 8.75. The molecule has 6 heteroatoms. The number of nitrogens with two attached hydrogens (primary N) is 1. The number of benzene rings is 1. The maximum Gasteiger partial charge on any atom is 0.414 e. The van der Waals surface area contributed by atoms with E-state index in [0.29, 0.717) is 17.0 Å². The monoisotopic (exact) mass is 295 g/mol. The fourth-order valence-corrected chi connectivity index (χ4v) is 1.82. The Hall–Kier alpha value is -0.780. The molecular formula is C13H17ClF3NO. The lowest BCUT2D eigenvalue weighted by Gasteiger charge is -2.28. The van der Waals surface area contributed by atoms with E-state index in [0.717, 1.165) is 6.92 Å². The quantitative estimate of drug-likeness (QED) is 0.888.